The quantitative estimate of drug-likeness (QED) is 0.721. The second-order valence-electron chi connectivity index (χ2n) is 6.72. The van der Waals surface area contributed by atoms with Crippen LogP contribution in [0.1, 0.15) is 18.4 Å². The second-order valence-corrected chi connectivity index (χ2v) is 6.72. The zero-order valence-electron chi connectivity index (χ0n) is 14.4. The van der Waals surface area contributed by atoms with Crippen LogP contribution in [0.15, 0.2) is 40.9 Å². The molecule has 0 N–H and O–H groups in total. The predicted molar refractivity (Wildman–Crippen MR) is 93.7 cm³/mol. The van der Waals surface area contributed by atoms with Gasteiger partial charge in [-0.1, -0.05) is 18.2 Å². The Balaban J connectivity index is 1.58. The van der Waals surface area contributed by atoms with Gasteiger partial charge in [-0.05, 0) is 32.0 Å². The number of benzene rings is 1. The summed E-state index contributed by atoms with van der Waals surface area (Å²) < 4.78 is 13.3. The fraction of sp³-hybridized carbons (Fsp3) is 0.421. The highest BCUT2D eigenvalue weighted by atomic mass is 16.5. The number of ether oxygens (including phenoxy) is 1. The van der Waals surface area contributed by atoms with Crippen molar-refractivity contribution in [1.82, 2.24) is 14.7 Å². The average molecular weight is 325 g/mol. The maximum atomic E-state index is 6.01. The van der Waals surface area contributed by atoms with Gasteiger partial charge in [0.15, 0.2) is 5.76 Å². The molecule has 0 spiro atoms. The van der Waals surface area contributed by atoms with E-state index in [-0.39, 0.29) is 0 Å². The molecule has 0 atom stereocenters. The molecule has 0 amide bonds. The smallest absolute Gasteiger partial charge is 0.156 e. The van der Waals surface area contributed by atoms with Crippen LogP contribution in [-0.2, 0) is 18.3 Å². The molecule has 2 heterocycles. The SMILES string of the molecule is COC1CC(N(C)Cc2cn(C)nc2-c2cc3ccccc3o2)C1. The maximum Gasteiger partial charge on any atom is 0.156 e. The van der Waals surface area contributed by atoms with E-state index < -0.39 is 0 Å². The summed E-state index contributed by atoms with van der Waals surface area (Å²) in [4.78, 5) is 2.39. The topological polar surface area (TPSA) is 43.4 Å². The van der Waals surface area contributed by atoms with E-state index >= 15 is 0 Å². The van der Waals surface area contributed by atoms with Crippen molar-refractivity contribution in [1.29, 1.82) is 0 Å². The predicted octanol–water partition coefficient (Wildman–Crippen LogP) is 3.44. The number of aromatic nitrogens is 2. The van der Waals surface area contributed by atoms with Crippen molar-refractivity contribution in [2.45, 2.75) is 31.5 Å². The van der Waals surface area contributed by atoms with Crippen LogP contribution in [0.4, 0.5) is 0 Å². The van der Waals surface area contributed by atoms with E-state index in [9.17, 15) is 0 Å². The average Bonchev–Trinajstić information content (AvgIpc) is 3.09. The second kappa shape index (κ2) is 6.07. The highest BCUT2D eigenvalue weighted by molar-refractivity contribution is 5.82. The number of rotatable bonds is 5. The third-order valence-corrected chi connectivity index (χ3v) is 5.01. The van der Waals surface area contributed by atoms with Crippen LogP contribution in [0.5, 0.6) is 0 Å². The molecule has 126 valence electrons. The first-order valence-corrected chi connectivity index (χ1v) is 8.38. The Kier molecular flexibility index (Phi) is 3.90. The Morgan fingerprint density at radius 1 is 1.33 bits per heavy atom. The zero-order chi connectivity index (χ0) is 16.7. The van der Waals surface area contributed by atoms with Crippen LogP contribution in [0.3, 0.4) is 0 Å². The van der Waals surface area contributed by atoms with E-state index in [1.54, 1.807) is 7.11 Å². The summed E-state index contributed by atoms with van der Waals surface area (Å²) in [5, 5.41) is 5.75. The molecule has 3 aromatic rings. The Morgan fingerprint density at radius 3 is 2.88 bits per heavy atom. The number of para-hydroxylation sites is 1. The van der Waals surface area contributed by atoms with E-state index in [4.69, 9.17) is 9.15 Å². The largest absolute Gasteiger partial charge is 0.454 e. The molecule has 1 saturated carbocycles. The van der Waals surface area contributed by atoms with Gasteiger partial charge in [-0.15, -0.1) is 0 Å². The maximum absolute atomic E-state index is 6.01. The van der Waals surface area contributed by atoms with Gasteiger partial charge in [-0.25, -0.2) is 0 Å². The summed E-state index contributed by atoms with van der Waals surface area (Å²) in [6.45, 7) is 0.862. The number of aryl methyl sites for hydroxylation is 1. The first kappa shape index (κ1) is 15.4. The van der Waals surface area contributed by atoms with E-state index in [1.807, 2.05) is 29.9 Å². The molecule has 5 heteroatoms. The van der Waals surface area contributed by atoms with Crippen molar-refractivity contribution < 1.29 is 9.15 Å². The van der Waals surface area contributed by atoms with Crippen molar-refractivity contribution in [3.05, 3.63) is 42.1 Å². The lowest BCUT2D eigenvalue weighted by atomic mass is 9.88. The fourth-order valence-electron chi connectivity index (χ4n) is 3.45. The van der Waals surface area contributed by atoms with Gasteiger partial charge in [0, 0.05) is 43.9 Å². The van der Waals surface area contributed by atoms with Gasteiger partial charge in [0.05, 0.1) is 6.10 Å². The highest BCUT2D eigenvalue weighted by Gasteiger charge is 2.32. The van der Waals surface area contributed by atoms with Crippen LogP contribution < -0.4 is 0 Å². The number of nitrogens with zero attached hydrogens (tertiary/aromatic N) is 3. The third kappa shape index (κ3) is 2.74. The van der Waals surface area contributed by atoms with Gasteiger partial charge in [-0.3, -0.25) is 9.58 Å². The molecule has 5 nitrogen and oxygen atoms in total. The molecule has 1 fully saturated rings. The molecular formula is C19H23N3O2. The van der Waals surface area contributed by atoms with Crippen molar-refractivity contribution >= 4 is 11.0 Å². The minimum Gasteiger partial charge on any atom is -0.454 e. The fourth-order valence-corrected chi connectivity index (χ4v) is 3.45. The Morgan fingerprint density at radius 2 is 2.12 bits per heavy atom. The Bertz CT molecular complexity index is 812. The highest BCUT2D eigenvalue weighted by Crippen LogP contribution is 2.32. The molecule has 0 radical (unpaired) electrons. The lowest BCUT2D eigenvalue weighted by Gasteiger charge is -2.40. The zero-order valence-corrected chi connectivity index (χ0v) is 14.4. The van der Waals surface area contributed by atoms with Gasteiger partial charge < -0.3 is 9.15 Å². The van der Waals surface area contributed by atoms with Crippen LogP contribution in [0.25, 0.3) is 22.4 Å². The Labute approximate surface area is 141 Å². The number of furan rings is 1. The van der Waals surface area contributed by atoms with Gasteiger partial charge in [0.25, 0.3) is 0 Å². The molecule has 0 bridgehead atoms. The molecule has 0 saturated heterocycles. The minimum atomic E-state index is 0.418. The summed E-state index contributed by atoms with van der Waals surface area (Å²) in [7, 11) is 5.92. The van der Waals surface area contributed by atoms with E-state index in [0.717, 1.165) is 41.8 Å². The van der Waals surface area contributed by atoms with Crippen molar-refractivity contribution in [3.63, 3.8) is 0 Å². The van der Waals surface area contributed by atoms with Crippen molar-refractivity contribution in [3.8, 4) is 11.5 Å². The van der Waals surface area contributed by atoms with Crippen LogP contribution in [0.2, 0.25) is 0 Å². The summed E-state index contributed by atoms with van der Waals surface area (Å²) in [5.41, 5.74) is 3.03. The van der Waals surface area contributed by atoms with Crippen molar-refractivity contribution in [2.24, 2.45) is 7.05 Å². The van der Waals surface area contributed by atoms with Gasteiger partial charge in [-0.2, -0.15) is 5.10 Å². The van der Waals surface area contributed by atoms with Crippen molar-refractivity contribution in [2.75, 3.05) is 14.2 Å². The molecule has 1 aliphatic rings. The molecule has 0 unspecified atom stereocenters. The normalized spacial score (nSPS) is 20.7. The van der Waals surface area contributed by atoms with Crippen LogP contribution in [-0.4, -0.2) is 41.0 Å². The molecule has 1 aromatic carbocycles. The lowest BCUT2D eigenvalue weighted by Crippen LogP contribution is -2.45. The summed E-state index contributed by atoms with van der Waals surface area (Å²) in [5.74, 6) is 0.837. The van der Waals surface area contributed by atoms with E-state index in [0.29, 0.717) is 12.1 Å². The van der Waals surface area contributed by atoms with Crippen LogP contribution >= 0.6 is 0 Å². The monoisotopic (exact) mass is 325 g/mol. The lowest BCUT2D eigenvalue weighted by molar-refractivity contribution is -0.0216. The summed E-state index contributed by atoms with van der Waals surface area (Å²) >= 11 is 0. The number of methoxy groups -OCH3 is 1. The Hall–Kier alpha value is -2.11. The molecule has 24 heavy (non-hydrogen) atoms. The van der Waals surface area contributed by atoms with Gasteiger partial charge in [0.2, 0.25) is 0 Å². The van der Waals surface area contributed by atoms with Gasteiger partial charge >= 0.3 is 0 Å². The molecule has 0 aliphatic heterocycles. The van der Waals surface area contributed by atoms with E-state index in [2.05, 4.69) is 35.4 Å². The third-order valence-electron chi connectivity index (χ3n) is 5.01. The molecule has 4 rings (SSSR count). The number of hydrogen-bond acceptors (Lipinski definition) is 4. The van der Waals surface area contributed by atoms with Gasteiger partial charge in [0.1, 0.15) is 11.3 Å². The number of hydrogen-bond donors (Lipinski definition) is 0. The first-order valence-electron chi connectivity index (χ1n) is 8.38. The van der Waals surface area contributed by atoms with E-state index in [1.165, 1.54) is 5.56 Å². The summed E-state index contributed by atoms with van der Waals surface area (Å²) in [6, 6.07) is 10.7. The molecule has 2 aromatic heterocycles. The molecule has 1 aliphatic carbocycles. The standard InChI is InChI=1S/C19H23N3O2/c1-21(15-9-16(10-15)23-3)11-14-12-22(2)20-19(14)18-8-13-6-4-5-7-17(13)24-18/h4-8,12,15-16H,9-11H2,1-3H3. The number of fused-ring (bicyclic) bond motifs is 1. The minimum absolute atomic E-state index is 0.418. The van der Waals surface area contributed by atoms with Crippen LogP contribution in [0, 0.1) is 0 Å². The first-order chi connectivity index (χ1) is 11.6. The summed E-state index contributed by atoms with van der Waals surface area (Å²) in [6.07, 6.45) is 4.72. The molecular weight excluding hydrogens is 302 g/mol.